The van der Waals surface area contributed by atoms with E-state index in [0.29, 0.717) is 18.7 Å². The van der Waals surface area contributed by atoms with Gasteiger partial charge in [-0.3, -0.25) is 4.90 Å². The van der Waals surface area contributed by atoms with E-state index in [2.05, 4.69) is 5.32 Å². The Bertz CT molecular complexity index is 364. The summed E-state index contributed by atoms with van der Waals surface area (Å²) in [6.07, 6.45) is -0.362. The predicted octanol–water partition coefficient (Wildman–Crippen LogP) is 2.62. The molecule has 100 valence electrons. The Morgan fingerprint density at radius 3 is 2.28 bits per heavy atom. The van der Waals surface area contributed by atoms with E-state index in [4.69, 9.17) is 0 Å². The molecule has 1 heterocycles. The zero-order valence-corrected chi connectivity index (χ0v) is 11.2. The minimum absolute atomic E-state index is 0.680. The molecule has 2 rings (SSSR count). The van der Waals surface area contributed by atoms with Crippen LogP contribution in [0.5, 0.6) is 0 Å². The average molecular weight is 272 g/mol. The fourth-order valence-electron chi connectivity index (χ4n) is 2.28. The maximum absolute atomic E-state index is 13.3. The molecule has 0 aliphatic carbocycles. The number of alkyl halides is 2. The van der Waals surface area contributed by atoms with Crippen molar-refractivity contribution in [1.82, 2.24) is 10.2 Å². The van der Waals surface area contributed by atoms with Crippen LogP contribution in [0.1, 0.15) is 11.6 Å². The van der Waals surface area contributed by atoms with Crippen LogP contribution in [0.2, 0.25) is 0 Å². The lowest BCUT2D eigenvalue weighted by Gasteiger charge is -2.34. The van der Waals surface area contributed by atoms with Crippen LogP contribution in [0, 0.1) is 0 Å². The van der Waals surface area contributed by atoms with E-state index in [1.54, 1.807) is 11.8 Å². The zero-order chi connectivity index (χ0) is 13.0. The molecular formula is C13H18F2N2S. The summed E-state index contributed by atoms with van der Waals surface area (Å²) in [5.41, 5.74) is 0.713. The van der Waals surface area contributed by atoms with E-state index >= 15 is 0 Å². The van der Waals surface area contributed by atoms with Crippen molar-refractivity contribution in [3.05, 3.63) is 29.8 Å². The number of rotatable bonds is 4. The van der Waals surface area contributed by atoms with E-state index in [-0.39, 0.29) is 0 Å². The molecule has 1 saturated heterocycles. The van der Waals surface area contributed by atoms with Crippen molar-refractivity contribution in [2.75, 3.05) is 32.4 Å². The van der Waals surface area contributed by atoms with Gasteiger partial charge in [-0.05, 0) is 24.0 Å². The summed E-state index contributed by atoms with van der Waals surface area (Å²) in [6.45, 7) is 2.93. The lowest BCUT2D eigenvalue weighted by molar-refractivity contribution is 0.0181. The van der Waals surface area contributed by atoms with Gasteiger partial charge in [0.2, 0.25) is 0 Å². The molecule has 1 aliphatic heterocycles. The van der Waals surface area contributed by atoms with Crippen molar-refractivity contribution in [3.8, 4) is 0 Å². The van der Waals surface area contributed by atoms with Crippen molar-refractivity contribution in [2.24, 2.45) is 0 Å². The van der Waals surface area contributed by atoms with Gasteiger partial charge in [-0.15, -0.1) is 11.8 Å². The van der Waals surface area contributed by atoms with Crippen LogP contribution in [0.15, 0.2) is 29.2 Å². The summed E-state index contributed by atoms with van der Waals surface area (Å²) < 4.78 is 26.6. The van der Waals surface area contributed by atoms with E-state index in [1.807, 2.05) is 35.4 Å². The van der Waals surface area contributed by atoms with Crippen LogP contribution in [0.4, 0.5) is 8.78 Å². The first kappa shape index (κ1) is 13.8. The molecule has 1 N–H and O–H groups in total. The lowest BCUT2D eigenvalue weighted by atomic mass is 10.1. The second kappa shape index (κ2) is 6.50. The van der Waals surface area contributed by atoms with Crippen LogP contribution >= 0.6 is 11.8 Å². The molecule has 0 bridgehead atoms. The molecule has 0 amide bonds. The Balaban J connectivity index is 2.17. The van der Waals surface area contributed by atoms with Crippen LogP contribution in [0.3, 0.4) is 0 Å². The highest BCUT2D eigenvalue weighted by molar-refractivity contribution is 7.98. The van der Waals surface area contributed by atoms with Crippen LogP contribution in [0.25, 0.3) is 0 Å². The lowest BCUT2D eigenvalue weighted by Crippen LogP contribution is -2.46. The molecular weight excluding hydrogens is 254 g/mol. The molecule has 0 radical (unpaired) electrons. The van der Waals surface area contributed by atoms with Crippen molar-refractivity contribution < 1.29 is 8.78 Å². The number of nitrogens with one attached hydrogen (secondary N) is 1. The SMILES string of the molecule is CSc1ccc([C@@H](C(F)F)N2CCNCC2)cc1. The second-order valence-electron chi connectivity index (χ2n) is 4.34. The quantitative estimate of drug-likeness (QED) is 0.848. The highest BCUT2D eigenvalue weighted by Crippen LogP contribution is 2.29. The number of halogens is 2. The maximum Gasteiger partial charge on any atom is 0.258 e. The van der Waals surface area contributed by atoms with Crippen molar-refractivity contribution in [1.29, 1.82) is 0 Å². The van der Waals surface area contributed by atoms with Gasteiger partial charge in [-0.2, -0.15) is 0 Å². The van der Waals surface area contributed by atoms with Gasteiger partial charge >= 0.3 is 0 Å². The van der Waals surface area contributed by atoms with Gasteiger partial charge in [-0.25, -0.2) is 8.78 Å². The first-order valence-electron chi connectivity index (χ1n) is 6.09. The molecule has 0 unspecified atom stereocenters. The van der Waals surface area contributed by atoms with Gasteiger partial charge < -0.3 is 5.32 Å². The van der Waals surface area contributed by atoms with Crippen LogP contribution in [-0.4, -0.2) is 43.8 Å². The number of benzene rings is 1. The van der Waals surface area contributed by atoms with Gasteiger partial charge in [-0.1, -0.05) is 12.1 Å². The number of hydrogen-bond acceptors (Lipinski definition) is 3. The fraction of sp³-hybridized carbons (Fsp3) is 0.538. The third-order valence-electron chi connectivity index (χ3n) is 3.24. The van der Waals surface area contributed by atoms with Gasteiger partial charge in [0.1, 0.15) is 0 Å². The molecule has 1 aromatic rings. The molecule has 1 aromatic carbocycles. The Morgan fingerprint density at radius 1 is 1.17 bits per heavy atom. The molecule has 1 fully saturated rings. The molecule has 0 saturated carbocycles. The first-order chi connectivity index (χ1) is 8.72. The maximum atomic E-state index is 13.3. The minimum atomic E-state index is -2.34. The summed E-state index contributed by atoms with van der Waals surface area (Å²) in [6, 6.07) is 6.70. The standard InChI is InChI=1S/C13H18F2N2S/c1-18-11-4-2-10(3-5-11)12(13(14)15)17-8-6-16-7-9-17/h2-5,12-13,16H,6-9H2,1H3/t12-/m0/s1. The highest BCUT2D eigenvalue weighted by Gasteiger charge is 2.29. The average Bonchev–Trinajstić information content (AvgIpc) is 2.40. The molecule has 18 heavy (non-hydrogen) atoms. The summed E-state index contributed by atoms with van der Waals surface area (Å²) in [5, 5.41) is 3.19. The summed E-state index contributed by atoms with van der Waals surface area (Å²) in [7, 11) is 0. The molecule has 5 heteroatoms. The number of piperazine rings is 1. The third kappa shape index (κ3) is 3.22. The largest absolute Gasteiger partial charge is 0.314 e. The Morgan fingerprint density at radius 2 is 1.78 bits per heavy atom. The smallest absolute Gasteiger partial charge is 0.258 e. The Hall–Kier alpha value is -0.650. The molecule has 0 spiro atoms. The summed E-state index contributed by atoms with van der Waals surface area (Å²) >= 11 is 1.62. The van der Waals surface area contributed by atoms with E-state index in [0.717, 1.165) is 18.0 Å². The molecule has 0 aromatic heterocycles. The van der Waals surface area contributed by atoms with Crippen LogP contribution < -0.4 is 5.32 Å². The molecule has 2 nitrogen and oxygen atoms in total. The fourth-order valence-corrected chi connectivity index (χ4v) is 2.69. The minimum Gasteiger partial charge on any atom is -0.314 e. The Labute approximate surface area is 111 Å². The number of hydrogen-bond donors (Lipinski definition) is 1. The van der Waals surface area contributed by atoms with Gasteiger partial charge in [0.15, 0.2) is 0 Å². The van der Waals surface area contributed by atoms with Crippen molar-refractivity contribution in [2.45, 2.75) is 17.4 Å². The van der Waals surface area contributed by atoms with E-state index in [1.165, 1.54) is 0 Å². The number of nitrogens with zero attached hydrogens (tertiary/aromatic N) is 1. The topological polar surface area (TPSA) is 15.3 Å². The second-order valence-corrected chi connectivity index (χ2v) is 5.22. The van der Waals surface area contributed by atoms with Gasteiger partial charge in [0.25, 0.3) is 6.43 Å². The summed E-state index contributed by atoms with van der Waals surface area (Å²) in [4.78, 5) is 2.97. The normalized spacial score (nSPS) is 19.1. The van der Waals surface area contributed by atoms with Crippen molar-refractivity contribution in [3.63, 3.8) is 0 Å². The first-order valence-corrected chi connectivity index (χ1v) is 7.31. The highest BCUT2D eigenvalue weighted by atomic mass is 32.2. The van der Waals surface area contributed by atoms with E-state index < -0.39 is 12.5 Å². The van der Waals surface area contributed by atoms with E-state index in [9.17, 15) is 8.78 Å². The molecule has 1 aliphatic rings. The van der Waals surface area contributed by atoms with Crippen LogP contribution in [-0.2, 0) is 0 Å². The predicted molar refractivity (Wildman–Crippen MR) is 71.4 cm³/mol. The number of thioether (sulfide) groups is 1. The zero-order valence-electron chi connectivity index (χ0n) is 10.4. The van der Waals surface area contributed by atoms with Gasteiger partial charge in [0.05, 0.1) is 6.04 Å². The Kier molecular flexibility index (Phi) is 4.97. The molecule has 1 atom stereocenters. The third-order valence-corrected chi connectivity index (χ3v) is 3.98. The van der Waals surface area contributed by atoms with Gasteiger partial charge in [0, 0.05) is 31.1 Å². The summed E-state index contributed by atoms with van der Waals surface area (Å²) in [5.74, 6) is 0. The monoisotopic (exact) mass is 272 g/mol. The van der Waals surface area contributed by atoms with Crippen molar-refractivity contribution >= 4 is 11.8 Å².